The highest BCUT2D eigenvalue weighted by Gasteiger charge is 2.19. The number of aromatic nitrogens is 2. The van der Waals surface area contributed by atoms with Crippen molar-refractivity contribution in [2.75, 3.05) is 20.6 Å². The van der Waals surface area contributed by atoms with Gasteiger partial charge in [0.15, 0.2) is 0 Å². The minimum absolute atomic E-state index is 0.246. The van der Waals surface area contributed by atoms with Gasteiger partial charge in [-0.1, -0.05) is 0 Å². The number of aliphatic hydroxyl groups is 1. The minimum atomic E-state index is -0.669. The van der Waals surface area contributed by atoms with E-state index in [1.165, 1.54) is 0 Å². The molecule has 0 bridgehead atoms. The maximum absolute atomic E-state index is 10.1. The molecule has 0 fully saturated rings. The van der Waals surface area contributed by atoms with Crippen molar-refractivity contribution in [1.82, 2.24) is 14.7 Å². The molecule has 0 aromatic carbocycles. The summed E-state index contributed by atoms with van der Waals surface area (Å²) < 4.78 is 1.76. The molecule has 5 nitrogen and oxygen atoms in total. The van der Waals surface area contributed by atoms with Gasteiger partial charge in [-0.15, -0.1) is 0 Å². The maximum Gasteiger partial charge on any atom is 0.113 e. The standard InChI is InChI=1S/C12H24N4O/c1-9-8-11(14-16(9)4)12(17)10(13)6-5-7-15(2)3/h8,10,12,17H,5-7,13H2,1-4H3. The van der Waals surface area contributed by atoms with Crippen LogP contribution >= 0.6 is 0 Å². The molecule has 0 saturated carbocycles. The van der Waals surface area contributed by atoms with Crippen LogP contribution in [-0.2, 0) is 7.05 Å². The van der Waals surface area contributed by atoms with E-state index in [-0.39, 0.29) is 6.04 Å². The van der Waals surface area contributed by atoms with Gasteiger partial charge in [-0.2, -0.15) is 5.10 Å². The van der Waals surface area contributed by atoms with Gasteiger partial charge in [0.2, 0.25) is 0 Å². The van der Waals surface area contributed by atoms with E-state index in [0.29, 0.717) is 5.69 Å². The van der Waals surface area contributed by atoms with E-state index in [9.17, 15) is 5.11 Å². The highest BCUT2D eigenvalue weighted by Crippen LogP contribution is 2.17. The van der Waals surface area contributed by atoms with E-state index < -0.39 is 6.10 Å². The molecule has 5 heteroatoms. The van der Waals surface area contributed by atoms with Crippen molar-refractivity contribution in [1.29, 1.82) is 0 Å². The Morgan fingerprint density at radius 2 is 2.18 bits per heavy atom. The molecule has 0 aliphatic heterocycles. The molecule has 1 rings (SSSR count). The quantitative estimate of drug-likeness (QED) is 0.757. The van der Waals surface area contributed by atoms with Crippen molar-refractivity contribution in [2.24, 2.45) is 12.8 Å². The fourth-order valence-electron chi connectivity index (χ4n) is 1.75. The Hall–Kier alpha value is -0.910. The van der Waals surface area contributed by atoms with Crippen LogP contribution in [0.3, 0.4) is 0 Å². The summed E-state index contributed by atoms with van der Waals surface area (Å²) in [5, 5.41) is 14.3. The SMILES string of the molecule is Cc1cc(C(O)C(N)CCCN(C)C)nn1C. The molecule has 0 spiro atoms. The van der Waals surface area contributed by atoms with Crippen LogP contribution in [-0.4, -0.2) is 46.5 Å². The van der Waals surface area contributed by atoms with Gasteiger partial charge in [0.1, 0.15) is 6.10 Å². The molecule has 1 aromatic rings. The Morgan fingerprint density at radius 1 is 1.53 bits per heavy atom. The molecule has 0 amide bonds. The van der Waals surface area contributed by atoms with Crippen molar-refractivity contribution in [3.8, 4) is 0 Å². The number of nitrogens with zero attached hydrogens (tertiary/aromatic N) is 3. The van der Waals surface area contributed by atoms with Crippen LogP contribution in [0, 0.1) is 6.92 Å². The average molecular weight is 240 g/mol. The van der Waals surface area contributed by atoms with Crippen LogP contribution in [0.4, 0.5) is 0 Å². The van der Waals surface area contributed by atoms with Gasteiger partial charge in [0, 0.05) is 18.8 Å². The zero-order valence-electron chi connectivity index (χ0n) is 11.2. The van der Waals surface area contributed by atoms with E-state index in [1.54, 1.807) is 4.68 Å². The van der Waals surface area contributed by atoms with Gasteiger partial charge in [-0.3, -0.25) is 4.68 Å². The molecule has 17 heavy (non-hydrogen) atoms. The normalized spacial score (nSPS) is 15.2. The first kappa shape index (κ1) is 14.2. The van der Waals surface area contributed by atoms with Gasteiger partial charge in [-0.05, 0) is 46.5 Å². The molecule has 1 aromatic heterocycles. The van der Waals surface area contributed by atoms with E-state index in [2.05, 4.69) is 10.00 Å². The lowest BCUT2D eigenvalue weighted by Gasteiger charge is -2.18. The molecular weight excluding hydrogens is 216 g/mol. The largest absolute Gasteiger partial charge is 0.385 e. The highest BCUT2D eigenvalue weighted by molar-refractivity contribution is 5.12. The fraction of sp³-hybridized carbons (Fsp3) is 0.750. The summed E-state index contributed by atoms with van der Waals surface area (Å²) in [6, 6.07) is 1.64. The van der Waals surface area contributed by atoms with Gasteiger partial charge < -0.3 is 15.7 Å². The monoisotopic (exact) mass is 240 g/mol. The van der Waals surface area contributed by atoms with Gasteiger partial charge in [-0.25, -0.2) is 0 Å². The van der Waals surface area contributed by atoms with Gasteiger partial charge in [0.25, 0.3) is 0 Å². The molecule has 3 N–H and O–H groups in total. The fourth-order valence-corrected chi connectivity index (χ4v) is 1.75. The van der Waals surface area contributed by atoms with Crippen LogP contribution in [0.2, 0.25) is 0 Å². The first-order valence-corrected chi connectivity index (χ1v) is 6.00. The lowest BCUT2D eigenvalue weighted by Crippen LogP contribution is -2.29. The van der Waals surface area contributed by atoms with Crippen molar-refractivity contribution < 1.29 is 5.11 Å². The van der Waals surface area contributed by atoms with Crippen LogP contribution < -0.4 is 5.73 Å². The van der Waals surface area contributed by atoms with E-state index in [0.717, 1.165) is 25.1 Å². The predicted molar refractivity (Wildman–Crippen MR) is 68.7 cm³/mol. The number of nitrogens with two attached hydrogens (primary N) is 1. The molecule has 0 aliphatic rings. The highest BCUT2D eigenvalue weighted by atomic mass is 16.3. The summed E-state index contributed by atoms with van der Waals surface area (Å²) in [6.45, 7) is 2.95. The topological polar surface area (TPSA) is 67.3 Å². The van der Waals surface area contributed by atoms with E-state index in [4.69, 9.17) is 5.73 Å². The smallest absolute Gasteiger partial charge is 0.113 e. The number of hydrogen-bond acceptors (Lipinski definition) is 4. The van der Waals surface area contributed by atoms with E-state index in [1.807, 2.05) is 34.1 Å². The summed E-state index contributed by atoms with van der Waals surface area (Å²) in [5.74, 6) is 0. The number of aliphatic hydroxyl groups excluding tert-OH is 1. The molecule has 0 saturated heterocycles. The first-order chi connectivity index (χ1) is 7.91. The van der Waals surface area contributed by atoms with Crippen LogP contribution in [0.15, 0.2) is 6.07 Å². The zero-order valence-corrected chi connectivity index (χ0v) is 11.2. The van der Waals surface area contributed by atoms with Gasteiger partial charge in [0.05, 0.1) is 5.69 Å². The molecule has 1 heterocycles. The summed E-state index contributed by atoms with van der Waals surface area (Å²) in [5.41, 5.74) is 7.67. The third-order valence-electron chi connectivity index (χ3n) is 2.98. The van der Waals surface area contributed by atoms with Crippen molar-refractivity contribution in [3.63, 3.8) is 0 Å². The second-order valence-corrected chi connectivity index (χ2v) is 4.89. The number of hydrogen-bond donors (Lipinski definition) is 2. The molecule has 98 valence electrons. The third-order valence-corrected chi connectivity index (χ3v) is 2.98. The van der Waals surface area contributed by atoms with Crippen LogP contribution in [0.25, 0.3) is 0 Å². The van der Waals surface area contributed by atoms with Crippen LogP contribution in [0.1, 0.15) is 30.3 Å². The lowest BCUT2D eigenvalue weighted by atomic mass is 10.0. The molecule has 2 atom stereocenters. The van der Waals surface area contributed by atoms with Crippen molar-refractivity contribution in [3.05, 3.63) is 17.5 Å². The Morgan fingerprint density at radius 3 is 2.65 bits per heavy atom. The second-order valence-electron chi connectivity index (χ2n) is 4.89. The Bertz CT molecular complexity index is 329. The lowest BCUT2D eigenvalue weighted by molar-refractivity contribution is 0.134. The van der Waals surface area contributed by atoms with Crippen molar-refractivity contribution >= 4 is 0 Å². The molecular formula is C12H24N4O. The van der Waals surface area contributed by atoms with Crippen LogP contribution in [0.5, 0.6) is 0 Å². The molecule has 0 aliphatic carbocycles. The predicted octanol–water partition coefficient (Wildman–Crippen LogP) is 0.431. The molecule has 0 radical (unpaired) electrons. The first-order valence-electron chi connectivity index (χ1n) is 6.00. The van der Waals surface area contributed by atoms with Crippen molar-refractivity contribution in [2.45, 2.75) is 31.9 Å². The summed E-state index contributed by atoms with van der Waals surface area (Å²) in [7, 11) is 5.93. The number of aryl methyl sites for hydroxylation is 2. The maximum atomic E-state index is 10.1. The summed E-state index contributed by atoms with van der Waals surface area (Å²) in [6.07, 6.45) is 1.11. The molecule has 2 unspecified atom stereocenters. The minimum Gasteiger partial charge on any atom is -0.385 e. The Labute approximate surface area is 103 Å². The second kappa shape index (κ2) is 6.14. The summed E-state index contributed by atoms with van der Waals surface area (Å²) in [4.78, 5) is 2.12. The average Bonchev–Trinajstić information content (AvgIpc) is 2.57. The van der Waals surface area contributed by atoms with Gasteiger partial charge >= 0.3 is 0 Å². The Kier molecular flexibility index (Phi) is 5.11. The zero-order chi connectivity index (χ0) is 13.0. The Balaban J connectivity index is 2.48. The van der Waals surface area contributed by atoms with E-state index >= 15 is 0 Å². The third kappa shape index (κ3) is 4.11. The number of rotatable bonds is 6. The summed E-state index contributed by atoms with van der Waals surface area (Å²) >= 11 is 0.